The molecule has 3 saturated heterocycles. The molecule has 1 unspecified atom stereocenters. The van der Waals surface area contributed by atoms with E-state index in [1.54, 1.807) is 7.11 Å². The fourth-order valence-corrected chi connectivity index (χ4v) is 3.80. The number of hydrogen-bond acceptors (Lipinski definition) is 5. The van der Waals surface area contributed by atoms with Gasteiger partial charge in [0.15, 0.2) is 5.96 Å². The third kappa shape index (κ3) is 5.83. The number of nitrogens with one attached hydrogen (secondary N) is 2. The zero-order chi connectivity index (χ0) is 19.8. The van der Waals surface area contributed by atoms with E-state index in [4.69, 9.17) is 14.5 Å². The summed E-state index contributed by atoms with van der Waals surface area (Å²) < 4.78 is 11.0. The first-order valence-corrected chi connectivity index (χ1v) is 10.4. The van der Waals surface area contributed by atoms with E-state index in [0.717, 1.165) is 36.9 Å². The van der Waals surface area contributed by atoms with Crippen molar-refractivity contribution in [2.75, 3.05) is 66.1 Å². The van der Waals surface area contributed by atoms with Crippen LogP contribution in [-0.4, -0.2) is 87.9 Å². The summed E-state index contributed by atoms with van der Waals surface area (Å²) in [5.41, 5.74) is 2.27. The largest absolute Gasteiger partial charge is 0.491 e. The number of aryl methyl sites for hydroxylation is 1. The van der Waals surface area contributed by atoms with Crippen molar-refractivity contribution in [3.05, 3.63) is 29.3 Å². The van der Waals surface area contributed by atoms with Crippen LogP contribution < -0.4 is 15.4 Å². The molecule has 3 aliphatic heterocycles. The first-order chi connectivity index (χ1) is 13.7. The lowest BCUT2D eigenvalue weighted by Gasteiger charge is -2.47. The maximum atomic E-state index is 5.89. The van der Waals surface area contributed by atoms with Crippen LogP contribution >= 0.6 is 0 Å². The van der Waals surface area contributed by atoms with Crippen LogP contribution in [0.15, 0.2) is 23.2 Å². The summed E-state index contributed by atoms with van der Waals surface area (Å²) in [6.45, 7) is 13.6. The number of ether oxygens (including phenoxy) is 2. The van der Waals surface area contributed by atoms with Crippen molar-refractivity contribution >= 4 is 5.96 Å². The van der Waals surface area contributed by atoms with Crippen molar-refractivity contribution < 1.29 is 9.47 Å². The molecule has 2 N–H and O–H groups in total. The highest BCUT2D eigenvalue weighted by Crippen LogP contribution is 2.21. The summed E-state index contributed by atoms with van der Waals surface area (Å²) in [6.07, 6.45) is 0. The normalized spacial score (nSPS) is 24.2. The number of piperazine rings is 3. The van der Waals surface area contributed by atoms with Crippen molar-refractivity contribution in [3.8, 4) is 5.75 Å². The Morgan fingerprint density at radius 2 is 2.00 bits per heavy atom. The average molecular weight is 390 g/mol. The van der Waals surface area contributed by atoms with Gasteiger partial charge in [0.05, 0.1) is 13.2 Å². The quantitative estimate of drug-likeness (QED) is 0.374. The topological polar surface area (TPSA) is 61.4 Å². The maximum absolute atomic E-state index is 5.89. The molecule has 0 aromatic heterocycles. The van der Waals surface area contributed by atoms with Crippen LogP contribution in [0.25, 0.3) is 0 Å². The zero-order valence-electron chi connectivity index (χ0n) is 17.5. The second-order valence-electron chi connectivity index (χ2n) is 7.52. The van der Waals surface area contributed by atoms with E-state index in [-0.39, 0.29) is 0 Å². The third-order valence-corrected chi connectivity index (χ3v) is 5.42. The lowest BCUT2D eigenvalue weighted by atomic mass is 10.1. The summed E-state index contributed by atoms with van der Waals surface area (Å²) in [7, 11) is 1.69. The van der Waals surface area contributed by atoms with Gasteiger partial charge in [-0.2, -0.15) is 0 Å². The highest BCUT2D eigenvalue weighted by molar-refractivity contribution is 5.79. The molecule has 0 amide bonds. The molecule has 7 heteroatoms. The van der Waals surface area contributed by atoms with Gasteiger partial charge in [0, 0.05) is 64.5 Å². The molecule has 1 aromatic rings. The fourth-order valence-electron chi connectivity index (χ4n) is 3.80. The van der Waals surface area contributed by atoms with Gasteiger partial charge in [-0.25, -0.2) is 4.99 Å². The minimum absolute atomic E-state index is 0.545. The zero-order valence-corrected chi connectivity index (χ0v) is 17.5. The number of guanidine groups is 1. The number of rotatable bonds is 9. The van der Waals surface area contributed by atoms with Gasteiger partial charge < -0.3 is 20.1 Å². The molecule has 3 fully saturated rings. The average Bonchev–Trinajstić information content (AvgIpc) is 2.72. The van der Waals surface area contributed by atoms with Crippen LogP contribution in [0.1, 0.15) is 18.1 Å². The van der Waals surface area contributed by atoms with E-state index in [0.29, 0.717) is 25.8 Å². The van der Waals surface area contributed by atoms with Gasteiger partial charge in [0.1, 0.15) is 12.4 Å². The van der Waals surface area contributed by atoms with Gasteiger partial charge in [-0.3, -0.25) is 9.80 Å². The van der Waals surface area contributed by atoms with Gasteiger partial charge in [-0.1, -0.05) is 12.1 Å². The Labute approximate surface area is 169 Å². The summed E-state index contributed by atoms with van der Waals surface area (Å²) in [5, 5.41) is 6.90. The Kier molecular flexibility index (Phi) is 7.94. The summed E-state index contributed by atoms with van der Waals surface area (Å²) in [4.78, 5) is 9.96. The summed E-state index contributed by atoms with van der Waals surface area (Å²) >= 11 is 0. The molecule has 7 nitrogen and oxygen atoms in total. The van der Waals surface area contributed by atoms with Crippen molar-refractivity contribution in [1.82, 2.24) is 20.4 Å². The molecule has 0 saturated carbocycles. The predicted octanol–water partition coefficient (Wildman–Crippen LogP) is 1.08. The summed E-state index contributed by atoms with van der Waals surface area (Å²) in [6, 6.07) is 6.85. The number of methoxy groups -OCH3 is 1. The molecule has 28 heavy (non-hydrogen) atoms. The number of nitrogens with zero attached hydrogens (tertiary/aromatic N) is 3. The van der Waals surface area contributed by atoms with Gasteiger partial charge in [0.25, 0.3) is 0 Å². The molecule has 3 heterocycles. The molecule has 0 aliphatic carbocycles. The highest BCUT2D eigenvalue weighted by atomic mass is 16.5. The number of fused-ring (bicyclic) bond motifs is 3. The lowest BCUT2D eigenvalue weighted by molar-refractivity contribution is 0.0154. The third-order valence-electron chi connectivity index (χ3n) is 5.42. The smallest absolute Gasteiger partial charge is 0.191 e. The van der Waals surface area contributed by atoms with Gasteiger partial charge in [-0.15, -0.1) is 0 Å². The molecule has 3 aliphatic rings. The standard InChI is InChI=1S/C21H35N5O2/c1-4-22-21(24-15-19-16-25-7-9-26(19)10-8-25)23-14-18-6-5-17(2)13-20(18)28-12-11-27-3/h5-6,13,19H,4,7-12,14-16H2,1-3H3,(H2,22,23,24). The fraction of sp³-hybridized carbons (Fsp3) is 0.667. The van der Waals surface area contributed by atoms with Gasteiger partial charge >= 0.3 is 0 Å². The Morgan fingerprint density at radius 3 is 2.68 bits per heavy atom. The highest BCUT2D eigenvalue weighted by Gasteiger charge is 2.31. The first-order valence-electron chi connectivity index (χ1n) is 10.4. The Bertz CT molecular complexity index is 644. The van der Waals surface area contributed by atoms with Crippen LogP contribution in [0.3, 0.4) is 0 Å². The molecular weight excluding hydrogens is 354 g/mol. The van der Waals surface area contributed by atoms with Gasteiger partial charge in [-0.05, 0) is 25.5 Å². The molecule has 156 valence electrons. The second-order valence-corrected chi connectivity index (χ2v) is 7.52. The summed E-state index contributed by atoms with van der Waals surface area (Å²) in [5.74, 6) is 1.75. The molecular formula is C21H35N5O2. The monoisotopic (exact) mass is 389 g/mol. The van der Waals surface area contributed by atoms with Crippen LogP contribution in [0.2, 0.25) is 0 Å². The maximum Gasteiger partial charge on any atom is 0.191 e. The van der Waals surface area contributed by atoms with E-state index in [1.165, 1.54) is 31.7 Å². The van der Waals surface area contributed by atoms with Crippen LogP contribution in [-0.2, 0) is 11.3 Å². The van der Waals surface area contributed by atoms with E-state index >= 15 is 0 Å². The van der Waals surface area contributed by atoms with Crippen molar-refractivity contribution in [2.45, 2.75) is 26.4 Å². The van der Waals surface area contributed by atoms with Crippen molar-refractivity contribution in [1.29, 1.82) is 0 Å². The molecule has 0 spiro atoms. The van der Waals surface area contributed by atoms with Crippen LogP contribution in [0, 0.1) is 6.92 Å². The Hall–Kier alpha value is -1.83. The number of benzene rings is 1. The Balaban J connectivity index is 1.59. The first kappa shape index (κ1) is 20.9. The van der Waals surface area contributed by atoms with E-state index in [1.807, 2.05) is 0 Å². The molecule has 1 aromatic carbocycles. The van der Waals surface area contributed by atoms with E-state index in [9.17, 15) is 0 Å². The Morgan fingerprint density at radius 1 is 1.18 bits per heavy atom. The van der Waals surface area contributed by atoms with Crippen molar-refractivity contribution in [2.24, 2.45) is 4.99 Å². The lowest BCUT2D eigenvalue weighted by Crippen LogP contribution is -2.63. The van der Waals surface area contributed by atoms with E-state index in [2.05, 4.69) is 52.5 Å². The predicted molar refractivity (Wildman–Crippen MR) is 113 cm³/mol. The van der Waals surface area contributed by atoms with Gasteiger partial charge in [0.2, 0.25) is 0 Å². The van der Waals surface area contributed by atoms with E-state index < -0.39 is 0 Å². The number of hydrogen-bond donors (Lipinski definition) is 2. The minimum Gasteiger partial charge on any atom is -0.491 e. The minimum atomic E-state index is 0.545. The molecule has 1 atom stereocenters. The number of aliphatic imine (C=N–C) groups is 1. The second kappa shape index (κ2) is 10.6. The molecule has 0 radical (unpaired) electrons. The van der Waals surface area contributed by atoms with Crippen LogP contribution in [0.4, 0.5) is 0 Å². The SMILES string of the molecule is CCNC(=NCc1ccc(C)cc1OCCOC)NCC1CN2CCN1CC2. The molecule has 2 bridgehead atoms. The molecule has 4 rings (SSSR count). The van der Waals surface area contributed by atoms with Crippen molar-refractivity contribution in [3.63, 3.8) is 0 Å². The van der Waals surface area contributed by atoms with Crippen LogP contribution in [0.5, 0.6) is 5.75 Å².